The highest BCUT2D eigenvalue weighted by Crippen LogP contribution is 2.27. The van der Waals surface area contributed by atoms with Crippen LogP contribution in [0.5, 0.6) is 5.75 Å². The number of hydrogen-bond acceptors (Lipinski definition) is 6. The van der Waals surface area contributed by atoms with Crippen LogP contribution in [0.25, 0.3) is 0 Å². The molecule has 1 aliphatic heterocycles. The second kappa shape index (κ2) is 11.1. The lowest BCUT2D eigenvalue weighted by molar-refractivity contribution is -0.114. The Hall–Kier alpha value is -3.46. The van der Waals surface area contributed by atoms with Crippen molar-refractivity contribution in [2.75, 3.05) is 39.2 Å². The van der Waals surface area contributed by atoms with E-state index in [9.17, 15) is 14.4 Å². The average Bonchev–Trinajstić information content (AvgIpc) is 2.82. The van der Waals surface area contributed by atoms with Crippen LogP contribution in [0, 0.1) is 5.92 Å². The molecule has 0 unspecified atom stereocenters. The highest BCUT2D eigenvalue weighted by atomic mass is 16.5. The van der Waals surface area contributed by atoms with Gasteiger partial charge in [0, 0.05) is 64.2 Å². The molecule has 1 aromatic heterocycles. The van der Waals surface area contributed by atoms with Crippen LogP contribution in [0.4, 0.5) is 5.69 Å². The molecule has 0 bridgehead atoms. The maximum Gasteiger partial charge on any atom is 0.257 e. The number of anilines is 1. The normalized spacial score (nSPS) is 21.6. The largest absolute Gasteiger partial charge is 0.491 e. The number of amides is 3. The molecule has 1 aromatic carbocycles. The van der Waals surface area contributed by atoms with Gasteiger partial charge in [0.05, 0.1) is 23.3 Å². The molecule has 182 valence electrons. The Morgan fingerprint density at radius 1 is 1.21 bits per heavy atom. The number of nitrogens with one attached hydrogen (secondary N) is 1. The molecule has 0 aliphatic carbocycles. The first-order valence-corrected chi connectivity index (χ1v) is 11.2. The van der Waals surface area contributed by atoms with Crippen LogP contribution < -0.4 is 10.1 Å². The van der Waals surface area contributed by atoms with Gasteiger partial charge in [0.1, 0.15) is 12.4 Å². The summed E-state index contributed by atoms with van der Waals surface area (Å²) >= 11 is 0. The van der Waals surface area contributed by atoms with Crippen LogP contribution >= 0.6 is 0 Å². The van der Waals surface area contributed by atoms with Crippen molar-refractivity contribution in [2.45, 2.75) is 32.9 Å². The third-order valence-corrected chi connectivity index (χ3v) is 5.94. The van der Waals surface area contributed by atoms with Crippen molar-refractivity contribution in [3.8, 4) is 5.75 Å². The number of pyridine rings is 1. The van der Waals surface area contributed by atoms with Gasteiger partial charge in [-0.3, -0.25) is 19.4 Å². The van der Waals surface area contributed by atoms with Crippen molar-refractivity contribution in [1.29, 1.82) is 0 Å². The van der Waals surface area contributed by atoms with Crippen molar-refractivity contribution in [3.05, 3.63) is 53.9 Å². The van der Waals surface area contributed by atoms with Gasteiger partial charge in [0.2, 0.25) is 5.91 Å². The first-order chi connectivity index (χ1) is 16.2. The van der Waals surface area contributed by atoms with E-state index in [2.05, 4.69) is 10.3 Å². The number of ether oxygens (including phenoxy) is 2. The van der Waals surface area contributed by atoms with Crippen molar-refractivity contribution in [3.63, 3.8) is 0 Å². The second-order valence-electron chi connectivity index (χ2n) is 8.69. The number of hydrogen-bond donors (Lipinski definition) is 1. The van der Waals surface area contributed by atoms with Crippen LogP contribution in [-0.4, -0.2) is 78.5 Å². The average molecular weight is 469 g/mol. The van der Waals surface area contributed by atoms with E-state index >= 15 is 0 Å². The topological polar surface area (TPSA) is 101 Å². The van der Waals surface area contributed by atoms with E-state index in [1.54, 1.807) is 66.7 Å². The number of likely N-dealkylation sites (N-methyl/N-ethyl adjacent to an activating group) is 1. The summed E-state index contributed by atoms with van der Waals surface area (Å²) in [6, 6.07) is 8.09. The standard InChI is InChI=1S/C25H32N4O5/c1-16-13-29(24(31)19-7-6-10-26-12-19)17(2)15-34-22-11-20(27-18(3)30)8-9-21(22)25(32)28(4)14-23(16)33-5/h6-12,16-17,23H,13-15H2,1-5H3,(H,27,30)/t16-,17+,23-/m1/s1. The molecule has 3 rings (SSSR count). The van der Waals surface area contributed by atoms with Crippen LogP contribution in [0.1, 0.15) is 41.5 Å². The molecule has 0 radical (unpaired) electrons. The van der Waals surface area contributed by atoms with Gasteiger partial charge in [-0.1, -0.05) is 6.92 Å². The van der Waals surface area contributed by atoms with Crippen molar-refractivity contribution in [1.82, 2.24) is 14.8 Å². The lowest BCUT2D eigenvalue weighted by Gasteiger charge is -2.36. The van der Waals surface area contributed by atoms with Crippen molar-refractivity contribution in [2.24, 2.45) is 5.92 Å². The van der Waals surface area contributed by atoms with E-state index in [1.165, 1.54) is 6.92 Å². The highest BCUT2D eigenvalue weighted by molar-refractivity contribution is 5.98. The zero-order chi connectivity index (χ0) is 24.8. The predicted octanol–water partition coefficient (Wildman–Crippen LogP) is 2.69. The minimum absolute atomic E-state index is 0.0515. The second-order valence-corrected chi connectivity index (χ2v) is 8.69. The summed E-state index contributed by atoms with van der Waals surface area (Å²) in [5.74, 6) is -0.305. The minimum atomic E-state index is -0.308. The van der Waals surface area contributed by atoms with E-state index in [4.69, 9.17) is 9.47 Å². The maximum absolute atomic E-state index is 13.4. The fraction of sp³-hybridized carbons (Fsp3) is 0.440. The van der Waals surface area contributed by atoms with E-state index in [-0.39, 0.29) is 42.4 Å². The third kappa shape index (κ3) is 5.91. The van der Waals surface area contributed by atoms with Gasteiger partial charge in [-0.25, -0.2) is 0 Å². The summed E-state index contributed by atoms with van der Waals surface area (Å²) in [5, 5.41) is 2.71. The molecule has 1 N–H and O–H groups in total. The zero-order valence-corrected chi connectivity index (χ0v) is 20.3. The van der Waals surface area contributed by atoms with Gasteiger partial charge in [-0.2, -0.15) is 0 Å². The van der Waals surface area contributed by atoms with Crippen LogP contribution in [0.2, 0.25) is 0 Å². The smallest absolute Gasteiger partial charge is 0.257 e. The van der Waals surface area contributed by atoms with E-state index in [0.29, 0.717) is 35.7 Å². The SMILES string of the molecule is CO[C@@H]1CN(C)C(=O)c2ccc(NC(C)=O)cc2OC[C@H](C)N(C(=O)c2cccnc2)C[C@H]1C. The molecule has 3 amide bonds. The minimum Gasteiger partial charge on any atom is -0.491 e. The van der Waals surface area contributed by atoms with Gasteiger partial charge in [0.15, 0.2) is 0 Å². The lowest BCUT2D eigenvalue weighted by Crippen LogP contribution is -2.48. The maximum atomic E-state index is 13.4. The van der Waals surface area contributed by atoms with Gasteiger partial charge in [-0.05, 0) is 31.2 Å². The highest BCUT2D eigenvalue weighted by Gasteiger charge is 2.31. The van der Waals surface area contributed by atoms with Crippen LogP contribution in [-0.2, 0) is 9.53 Å². The summed E-state index contributed by atoms with van der Waals surface area (Å²) in [5.41, 5.74) is 1.38. The number of aromatic nitrogens is 1. The Morgan fingerprint density at radius 3 is 2.62 bits per heavy atom. The Bertz CT molecular complexity index is 1030. The number of fused-ring (bicyclic) bond motifs is 1. The first-order valence-electron chi connectivity index (χ1n) is 11.2. The van der Waals surface area contributed by atoms with Gasteiger partial charge < -0.3 is 24.6 Å². The molecule has 0 saturated heterocycles. The number of benzene rings is 1. The Kier molecular flexibility index (Phi) is 8.22. The number of carbonyl (C=O) groups is 3. The fourth-order valence-electron chi connectivity index (χ4n) is 3.99. The lowest BCUT2D eigenvalue weighted by atomic mass is 10.0. The van der Waals surface area contributed by atoms with Crippen LogP contribution in [0.3, 0.4) is 0 Å². The summed E-state index contributed by atoms with van der Waals surface area (Å²) in [4.78, 5) is 45.5. The monoisotopic (exact) mass is 468 g/mol. The molecule has 34 heavy (non-hydrogen) atoms. The van der Waals surface area contributed by atoms with E-state index in [0.717, 1.165) is 0 Å². The quantitative estimate of drug-likeness (QED) is 0.743. The molecular weight excluding hydrogens is 436 g/mol. The molecule has 9 heteroatoms. The fourth-order valence-corrected chi connectivity index (χ4v) is 3.99. The Labute approximate surface area is 200 Å². The molecule has 9 nitrogen and oxygen atoms in total. The third-order valence-electron chi connectivity index (χ3n) is 5.94. The summed E-state index contributed by atoms with van der Waals surface area (Å²) in [7, 11) is 3.32. The first kappa shape index (κ1) is 25.2. The van der Waals surface area contributed by atoms with Gasteiger partial charge in [0.25, 0.3) is 11.8 Å². The zero-order valence-electron chi connectivity index (χ0n) is 20.3. The predicted molar refractivity (Wildman–Crippen MR) is 128 cm³/mol. The van der Waals surface area contributed by atoms with Crippen molar-refractivity contribution >= 4 is 23.4 Å². The molecule has 1 aliphatic rings. The molecule has 0 fully saturated rings. The molecule has 3 atom stereocenters. The molecule has 0 saturated carbocycles. The van der Waals surface area contributed by atoms with Crippen LogP contribution in [0.15, 0.2) is 42.7 Å². The van der Waals surface area contributed by atoms with E-state index in [1.807, 2.05) is 13.8 Å². The Balaban J connectivity index is 2.00. The molecule has 2 heterocycles. The van der Waals surface area contributed by atoms with E-state index < -0.39 is 0 Å². The molecule has 2 aromatic rings. The summed E-state index contributed by atoms with van der Waals surface area (Å²) < 4.78 is 11.8. The Morgan fingerprint density at radius 2 is 1.97 bits per heavy atom. The number of rotatable bonds is 3. The van der Waals surface area contributed by atoms with Gasteiger partial charge >= 0.3 is 0 Å². The number of methoxy groups -OCH3 is 1. The summed E-state index contributed by atoms with van der Waals surface area (Å²) in [6.07, 6.45) is 2.89. The molecule has 0 spiro atoms. The summed E-state index contributed by atoms with van der Waals surface area (Å²) in [6.45, 7) is 6.23. The number of nitrogens with zero attached hydrogens (tertiary/aromatic N) is 3. The van der Waals surface area contributed by atoms with Gasteiger partial charge in [-0.15, -0.1) is 0 Å². The molecular formula is C25H32N4O5. The number of carbonyl (C=O) groups excluding carboxylic acids is 3. The van der Waals surface area contributed by atoms with Crippen molar-refractivity contribution < 1.29 is 23.9 Å².